The van der Waals surface area contributed by atoms with E-state index in [0.717, 1.165) is 41.0 Å². The summed E-state index contributed by atoms with van der Waals surface area (Å²) in [5.74, 6) is 0.455. The van der Waals surface area contributed by atoms with E-state index in [4.69, 9.17) is 0 Å². The minimum absolute atomic E-state index is 0.0146. The van der Waals surface area contributed by atoms with Crippen LogP contribution in [0.2, 0.25) is 0 Å². The minimum Gasteiger partial charge on any atom is -0.371 e. The molecule has 0 radical (unpaired) electrons. The van der Waals surface area contributed by atoms with Crippen LogP contribution >= 0.6 is 0 Å². The Kier molecular flexibility index (Phi) is 5.33. The summed E-state index contributed by atoms with van der Waals surface area (Å²) < 4.78 is 0. The predicted octanol–water partition coefficient (Wildman–Crippen LogP) is 4.91. The smallest absolute Gasteiger partial charge is 0.259 e. The molecule has 2 aliphatic heterocycles. The van der Waals surface area contributed by atoms with Crippen LogP contribution in [-0.4, -0.2) is 31.4 Å². The number of nitrogens with zero attached hydrogens (tertiary/aromatic N) is 2. The van der Waals surface area contributed by atoms with Crippen LogP contribution in [-0.2, 0) is 4.79 Å². The first-order valence-electron chi connectivity index (χ1n) is 11.5. The van der Waals surface area contributed by atoms with Crippen LogP contribution < -0.4 is 15.1 Å². The molecule has 2 atom stereocenters. The van der Waals surface area contributed by atoms with Gasteiger partial charge in [0.1, 0.15) is 6.54 Å². The highest BCUT2D eigenvalue weighted by molar-refractivity contribution is 6.26. The van der Waals surface area contributed by atoms with E-state index in [0.29, 0.717) is 5.56 Å². The maximum Gasteiger partial charge on any atom is 0.259 e. The highest BCUT2D eigenvalue weighted by Gasteiger charge is 2.31. The van der Waals surface area contributed by atoms with Crippen LogP contribution in [0.5, 0.6) is 0 Å². The third-order valence-electron chi connectivity index (χ3n) is 6.74. The Balaban J connectivity index is 1.25. The van der Waals surface area contributed by atoms with Gasteiger partial charge in [0.15, 0.2) is 0 Å². The molecule has 0 bridgehead atoms. The number of carbonyl (C=O) groups excluding carboxylic acids is 2. The van der Waals surface area contributed by atoms with Gasteiger partial charge >= 0.3 is 0 Å². The molecular formula is C27H29N3O2. The van der Waals surface area contributed by atoms with Crippen LogP contribution in [0.25, 0.3) is 10.8 Å². The molecule has 5 nitrogen and oxygen atoms in total. The minimum atomic E-state index is -0.162. The van der Waals surface area contributed by atoms with Gasteiger partial charge in [-0.15, -0.1) is 0 Å². The molecule has 0 unspecified atom stereocenters. The number of benzene rings is 3. The van der Waals surface area contributed by atoms with Gasteiger partial charge in [0.25, 0.3) is 5.91 Å². The predicted molar refractivity (Wildman–Crippen MR) is 129 cm³/mol. The van der Waals surface area contributed by atoms with Gasteiger partial charge in [-0.1, -0.05) is 43.3 Å². The topological polar surface area (TPSA) is 52.7 Å². The zero-order chi connectivity index (χ0) is 22.2. The van der Waals surface area contributed by atoms with E-state index in [1.165, 1.54) is 18.5 Å². The van der Waals surface area contributed by atoms with E-state index in [1.54, 1.807) is 4.90 Å². The second-order valence-electron chi connectivity index (χ2n) is 9.15. The zero-order valence-corrected chi connectivity index (χ0v) is 18.7. The summed E-state index contributed by atoms with van der Waals surface area (Å²) in [6.07, 6.45) is 2.54. The van der Waals surface area contributed by atoms with Crippen molar-refractivity contribution in [2.45, 2.75) is 32.7 Å². The van der Waals surface area contributed by atoms with Crippen molar-refractivity contribution in [3.05, 3.63) is 71.8 Å². The number of amides is 2. The molecule has 3 aromatic carbocycles. The van der Waals surface area contributed by atoms with E-state index < -0.39 is 0 Å². The van der Waals surface area contributed by atoms with Gasteiger partial charge in [0.05, 0.1) is 11.7 Å². The first-order chi connectivity index (χ1) is 15.5. The third kappa shape index (κ3) is 3.72. The first kappa shape index (κ1) is 20.6. The van der Waals surface area contributed by atoms with Gasteiger partial charge in [-0.3, -0.25) is 14.5 Å². The van der Waals surface area contributed by atoms with Crippen LogP contribution in [0, 0.1) is 5.92 Å². The zero-order valence-electron chi connectivity index (χ0n) is 18.7. The van der Waals surface area contributed by atoms with E-state index in [1.807, 2.05) is 43.3 Å². The standard InChI is InChI=1S/C27H29N3O2/c1-18-6-5-15-29(16-18)22-13-11-20(12-14-22)19(2)28-25(31)17-30-24-10-4-8-21-7-3-9-23(26(21)24)27(30)32/h3-4,7-14,18-19H,5-6,15-17H2,1-2H3,(H,28,31)/t18-,19-/m0/s1. The average Bonchev–Trinajstić information content (AvgIpc) is 3.07. The van der Waals surface area contributed by atoms with Gasteiger partial charge in [0.2, 0.25) is 5.91 Å². The van der Waals surface area contributed by atoms with E-state index in [-0.39, 0.29) is 24.4 Å². The molecule has 1 saturated heterocycles. The lowest BCUT2D eigenvalue weighted by molar-refractivity contribution is -0.120. The molecule has 5 heteroatoms. The van der Waals surface area contributed by atoms with Crippen molar-refractivity contribution >= 4 is 34.0 Å². The van der Waals surface area contributed by atoms with E-state index in [9.17, 15) is 9.59 Å². The first-order valence-corrected chi connectivity index (χ1v) is 11.5. The fourth-order valence-corrected chi connectivity index (χ4v) is 5.05. The highest BCUT2D eigenvalue weighted by Crippen LogP contribution is 2.37. The molecule has 2 amide bonds. The SMILES string of the molecule is C[C@H]1CCCN(c2ccc([C@H](C)NC(=O)CN3C(=O)c4cccc5cccc3c45)cc2)C1. The molecule has 32 heavy (non-hydrogen) atoms. The number of hydrogen-bond donors (Lipinski definition) is 1. The van der Waals surface area contributed by atoms with Crippen molar-refractivity contribution < 1.29 is 9.59 Å². The summed E-state index contributed by atoms with van der Waals surface area (Å²) in [6.45, 7) is 6.51. The molecule has 5 rings (SSSR count). The lowest BCUT2D eigenvalue weighted by Crippen LogP contribution is -2.39. The van der Waals surface area contributed by atoms with Crippen molar-refractivity contribution in [2.75, 3.05) is 29.4 Å². The Hall–Kier alpha value is -3.34. The van der Waals surface area contributed by atoms with Crippen LogP contribution in [0.1, 0.15) is 48.7 Å². The van der Waals surface area contributed by atoms with Crippen LogP contribution in [0.4, 0.5) is 11.4 Å². The Bertz CT molecular complexity index is 1170. The normalized spacial score (nSPS) is 18.8. The van der Waals surface area contributed by atoms with Crippen LogP contribution in [0.15, 0.2) is 60.7 Å². The van der Waals surface area contributed by atoms with Crippen molar-refractivity contribution in [1.82, 2.24) is 5.32 Å². The molecule has 1 fully saturated rings. The number of carbonyl (C=O) groups is 2. The number of nitrogens with one attached hydrogen (secondary N) is 1. The van der Waals surface area contributed by atoms with Gasteiger partial charge in [0, 0.05) is 29.7 Å². The summed E-state index contributed by atoms with van der Waals surface area (Å²) in [6, 6.07) is 19.9. The molecule has 0 aromatic heterocycles. The van der Waals surface area contributed by atoms with Crippen LogP contribution in [0.3, 0.4) is 0 Å². The number of hydrogen-bond acceptors (Lipinski definition) is 3. The summed E-state index contributed by atoms with van der Waals surface area (Å²) in [5.41, 5.74) is 3.78. The lowest BCUT2D eigenvalue weighted by atomic mass is 9.99. The summed E-state index contributed by atoms with van der Waals surface area (Å²) in [5, 5.41) is 5.02. The molecule has 0 spiro atoms. The summed E-state index contributed by atoms with van der Waals surface area (Å²) in [7, 11) is 0. The number of rotatable bonds is 5. The van der Waals surface area contributed by atoms with Crippen molar-refractivity contribution in [2.24, 2.45) is 5.92 Å². The Morgan fingerprint density at radius 3 is 2.59 bits per heavy atom. The summed E-state index contributed by atoms with van der Waals surface area (Å²) in [4.78, 5) is 29.8. The molecule has 2 aliphatic rings. The largest absolute Gasteiger partial charge is 0.371 e. The molecule has 164 valence electrons. The van der Waals surface area contributed by atoms with Crippen molar-refractivity contribution in [3.63, 3.8) is 0 Å². The lowest BCUT2D eigenvalue weighted by Gasteiger charge is -2.33. The average molecular weight is 428 g/mol. The molecule has 0 aliphatic carbocycles. The maximum atomic E-state index is 12.9. The highest BCUT2D eigenvalue weighted by atomic mass is 16.2. The second kappa shape index (κ2) is 8.30. The van der Waals surface area contributed by atoms with Gasteiger partial charge in [-0.2, -0.15) is 0 Å². The van der Waals surface area contributed by atoms with Crippen molar-refractivity contribution in [1.29, 1.82) is 0 Å². The Morgan fingerprint density at radius 1 is 1.09 bits per heavy atom. The quantitative estimate of drug-likeness (QED) is 0.629. The van der Waals surface area contributed by atoms with E-state index in [2.05, 4.69) is 41.4 Å². The Labute approximate surface area is 189 Å². The van der Waals surface area contributed by atoms with E-state index >= 15 is 0 Å². The maximum absolute atomic E-state index is 12.9. The fraction of sp³-hybridized carbons (Fsp3) is 0.333. The van der Waals surface area contributed by atoms with Gasteiger partial charge in [-0.25, -0.2) is 0 Å². The van der Waals surface area contributed by atoms with Crippen molar-refractivity contribution in [3.8, 4) is 0 Å². The fourth-order valence-electron chi connectivity index (χ4n) is 5.05. The second-order valence-corrected chi connectivity index (χ2v) is 9.15. The third-order valence-corrected chi connectivity index (χ3v) is 6.74. The Morgan fingerprint density at radius 2 is 1.84 bits per heavy atom. The summed E-state index contributed by atoms with van der Waals surface area (Å²) >= 11 is 0. The monoisotopic (exact) mass is 427 g/mol. The molecule has 1 N–H and O–H groups in total. The molecular weight excluding hydrogens is 398 g/mol. The molecule has 0 saturated carbocycles. The number of piperidine rings is 1. The van der Waals surface area contributed by atoms with Gasteiger partial charge < -0.3 is 10.2 Å². The number of anilines is 2. The molecule has 2 heterocycles. The molecule has 3 aromatic rings. The van der Waals surface area contributed by atoms with Gasteiger partial charge in [-0.05, 0) is 60.9 Å².